The van der Waals surface area contributed by atoms with Gasteiger partial charge in [0.2, 0.25) is 0 Å². The highest BCUT2D eigenvalue weighted by atomic mass is 31.1. The van der Waals surface area contributed by atoms with Crippen molar-refractivity contribution in [1.29, 1.82) is 0 Å². The maximum Gasteiger partial charge on any atom is 0.508 e. The Balaban J connectivity index is 2.67. The van der Waals surface area contributed by atoms with Gasteiger partial charge in [0, 0.05) is 6.42 Å². The van der Waals surface area contributed by atoms with Gasteiger partial charge in [-0.1, -0.05) is 12.1 Å². The van der Waals surface area contributed by atoms with Gasteiger partial charge in [-0.25, -0.2) is 4.79 Å². The van der Waals surface area contributed by atoms with Crippen molar-refractivity contribution < 1.29 is 18.6 Å². The number of benzene rings is 1. The minimum Gasteiger partial charge on any atom is -0.465 e. The van der Waals surface area contributed by atoms with Crippen LogP contribution in [0, 0.1) is 0 Å². The van der Waals surface area contributed by atoms with Gasteiger partial charge in [-0.2, -0.15) is 0 Å². The number of rotatable bonds is 5. The first-order chi connectivity index (χ1) is 7.67. The Labute approximate surface area is 95.4 Å². The van der Waals surface area contributed by atoms with Crippen LogP contribution < -0.4 is 0 Å². The van der Waals surface area contributed by atoms with E-state index in [-0.39, 0.29) is 5.97 Å². The van der Waals surface area contributed by atoms with Crippen LogP contribution in [0.3, 0.4) is 0 Å². The molecule has 0 bridgehead atoms. The Morgan fingerprint density at radius 2 is 2.12 bits per heavy atom. The third-order valence-electron chi connectivity index (χ3n) is 2.13. The molecule has 86 valence electrons. The van der Waals surface area contributed by atoms with Crippen LogP contribution in [0.4, 0.5) is 0 Å². The van der Waals surface area contributed by atoms with E-state index in [9.17, 15) is 9.36 Å². The van der Waals surface area contributed by atoms with Crippen molar-refractivity contribution in [3.05, 3.63) is 35.4 Å². The zero-order chi connectivity index (χ0) is 12.0. The third kappa shape index (κ3) is 3.72. The number of carbonyl (C=O) groups excluding carboxylic acids is 1. The van der Waals surface area contributed by atoms with Crippen LogP contribution >= 0.6 is 8.03 Å². The Bertz CT molecular complexity index is 389. The molecule has 0 aliphatic rings. The largest absolute Gasteiger partial charge is 0.508 e. The Kier molecular flexibility index (Phi) is 5.09. The minimum absolute atomic E-state index is 0.363. The predicted molar refractivity (Wildman–Crippen MR) is 61.0 cm³/mol. The standard InChI is InChI=1S/C11H14O4P/c1-14-11(12)10-5-3-4-9(8-10)6-7-16(13)15-2/h3-5,8H,6-7H2,1-2H3/q+1. The average molecular weight is 241 g/mol. The van der Waals surface area contributed by atoms with E-state index >= 15 is 0 Å². The molecule has 1 aromatic rings. The van der Waals surface area contributed by atoms with E-state index in [2.05, 4.69) is 9.26 Å². The molecule has 0 aliphatic heterocycles. The molecule has 0 amide bonds. The highest BCUT2D eigenvalue weighted by Gasteiger charge is 2.14. The van der Waals surface area contributed by atoms with Crippen LogP contribution in [-0.2, 0) is 20.2 Å². The smallest absolute Gasteiger partial charge is 0.465 e. The van der Waals surface area contributed by atoms with Gasteiger partial charge in [0.05, 0.1) is 19.8 Å². The summed E-state index contributed by atoms with van der Waals surface area (Å²) < 4.78 is 20.4. The molecule has 1 aromatic carbocycles. The fourth-order valence-electron chi connectivity index (χ4n) is 1.28. The van der Waals surface area contributed by atoms with Crippen LogP contribution in [0.15, 0.2) is 24.3 Å². The van der Waals surface area contributed by atoms with Gasteiger partial charge in [-0.15, -0.1) is 4.52 Å². The van der Waals surface area contributed by atoms with Crippen LogP contribution in [0.5, 0.6) is 0 Å². The number of methoxy groups -OCH3 is 1. The SMILES string of the molecule is COC(=O)c1cccc(CC[P+](=O)OC)c1. The van der Waals surface area contributed by atoms with E-state index < -0.39 is 8.03 Å². The Hall–Kier alpha value is -1.25. The summed E-state index contributed by atoms with van der Waals surface area (Å²) in [6.45, 7) is 0. The van der Waals surface area contributed by atoms with Crippen molar-refractivity contribution in [2.75, 3.05) is 20.4 Å². The third-order valence-corrected chi connectivity index (χ3v) is 3.13. The Morgan fingerprint density at radius 1 is 1.38 bits per heavy atom. The molecule has 16 heavy (non-hydrogen) atoms. The monoisotopic (exact) mass is 241 g/mol. The van der Waals surface area contributed by atoms with Gasteiger partial charge >= 0.3 is 14.0 Å². The summed E-state index contributed by atoms with van der Waals surface area (Å²) in [5, 5.41) is 0. The van der Waals surface area contributed by atoms with Crippen LogP contribution in [0.25, 0.3) is 0 Å². The summed E-state index contributed by atoms with van der Waals surface area (Å²) in [5.74, 6) is -0.363. The first kappa shape index (κ1) is 12.8. The average Bonchev–Trinajstić information content (AvgIpc) is 2.35. The van der Waals surface area contributed by atoms with Gasteiger partial charge in [0.25, 0.3) is 0 Å². The lowest BCUT2D eigenvalue weighted by atomic mass is 10.1. The number of hydrogen-bond acceptors (Lipinski definition) is 4. The van der Waals surface area contributed by atoms with Crippen molar-refractivity contribution in [3.63, 3.8) is 0 Å². The van der Waals surface area contributed by atoms with Gasteiger partial charge in [-0.3, -0.25) is 0 Å². The lowest BCUT2D eigenvalue weighted by Gasteiger charge is -2.01. The maximum atomic E-state index is 11.3. The van der Waals surface area contributed by atoms with Crippen molar-refractivity contribution in [1.82, 2.24) is 0 Å². The summed E-state index contributed by atoms with van der Waals surface area (Å²) in [6, 6.07) is 7.09. The number of carbonyl (C=O) groups is 1. The van der Waals surface area contributed by atoms with Gasteiger partial charge in [0.15, 0.2) is 6.16 Å². The van der Waals surface area contributed by atoms with Crippen molar-refractivity contribution in [3.8, 4) is 0 Å². The second-order valence-corrected chi connectivity index (χ2v) is 4.66. The molecule has 0 aliphatic carbocycles. The molecular formula is C11H14O4P+. The first-order valence-corrected chi connectivity index (χ1v) is 6.19. The molecule has 1 unspecified atom stereocenters. The number of aryl methyl sites for hydroxylation is 1. The summed E-state index contributed by atoms with van der Waals surface area (Å²) in [7, 11) is 1.17. The summed E-state index contributed by atoms with van der Waals surface area (Å²) in [4.78, 5) is 11.3. The highest BCUT2D eigenvalue weighted by Crippen LogP contribution is 2.21. The quantitative estimate of drug-likeness (QED) is 0.586. The molecule has 0 saturated carbocycles. The second kappa shape index (κ2) is 6.36. The fraction of sp³-hybridized carbons (Fsp3) is 0.364. The molecule has 0 aromatic heterocycles. The predicted octanol–water partition coefficient (Wildman–Crippen LogP) is 2.40. The summed E-state index contributed by atoms with van der Waals surface area (Å²) in [6.07, 6.45) is 1.07. The van der Waals surface area contributed by atoms with E-state index in [1.54, 1.807) is 18.2 Å². The zero-order valence-electron chi connectivity index (χ0n) is 9.30. The lowest BCUT2D eigenvalue weighted by molar-refractivity contribution is 0.0600. The van der Waals surface area contributed by atoms with Crippen LogP contribution in [0.1, 0.15) is 15.9 Å². The fourth-order valence-corrected chi connectivity index (χ4v) is 1.91. The van der Waals surface area contributed by atoms with E-state index in [4.69, 9.17) is 0 Å². The van der Waals surface area contributed by atoms with E-state index in [1.807, 2.05) is 6.07 Å². The van der Waals surface area contributed by atoms with E-state index in [0.717, 1.165) is 5.56 Å². The molecule has 0 radical (unpaired) electrons. The van der Waals surface area contributed by atoms with Crippen molar-refractivity contribution >= 4 is 14.0 Å². The van der Waals surface area contributed by atoms with Crippen LogP contribution in [0.2, 0.25) is 0 Å². The normalized spacial score (nSPS) is 11.0. The van der Waals surface area contributed by atoms with Crippen LogP contribution in [-0.4, -0.2) is 26.4 Å². The van der Waals surface area contributed by atoms with E-state index in [1.165, 1.54) is 14.2 Å². The van der Waals surface area contributed by atoms with Crippen molar-refractivity contribution in [2.24, 2.45) is 0 Å². The summed E-state index contributed by atoms with van der Waals surface area (Å²) in [5.41, 5.74) is 1.45. The molecule has 0 saturated heterocycles. The summed E-state index contributed by atoms with van der Waals surface area (Å²) >= 11 is 0. The molecule has 0 spiro atoms. The molecule has 0 N–H and O–H groups in total. The molecule has 5 heteroatoms. The zero-order valence-corrected chi connectivity index (χ0v) is 10.2. The minimum atomic E-state index is -1.60. The molecule has 0 fully saturated rings. The lowest BCUT2D eigenvalue weighted by Crippen LogP contribution is -2.02. The second-order valence-electron chi connectivity index (χ2n) is 3.18. The molecular weight excluding hydrogens is 227 g/mol. The van der Waals surface area contributed by atoms with Gasteiger partial charge in [0.1, 0.15) is 0 Å². The topological polar surface area (TPSA) is 52.6 Å². The molecule has 4 nitrogen and oxygen atoms in total. The number of esters is 1. The molecule has 1 atom stereocenters. The number of ether oxygens (including phenoxy) is 1. The maximum absolute atomic E-state index is 11.3. The Morgan fingerprint density at radius 3 is 2.75 bits per heavy atom. The first-order valence-electron chi connectivity index (χ1n) is 4.83. The molecule has 0 heterocycles. The highest BCUT2D eigenvalue weighted by molar-refractivity contribution is 7.39. The van der Waals surface area contributed by atoms with Crippen molar-refractivity contribution in [2.45, 2.75) is 6.42 Å². The number of hydrogen-bond donors (Lipinski definition) is 0. The van der Waals surface area contributed by atoms with Gasteiger partial charge < -0.3 is 4.74 Å². The molecule has 1 rings (SSSR count). The van der Waals surface area contributed by atoms with Gasteiger partial charge in [-0.05, 0) is 22.3 Å². The van der Waals surface area contributed by atoms with E-state index in [0.29, 0.717) is 18.1 Å².